The molecule has 2 aromatic carbocycles. The Kier molecular flexibility index (Phi) is 5.26. The van der Waals surface area contributed by atoms with Gasteiger partial charge in [0.05, 0.1) is 20.3 Å². The summed E-state index contributed by atoms with van der Waals surface area (Å²) in [7, 11) is 1.62. The summed E-state index contributed by atoms with van der Waals surface area (Å²) in [6.07, 6.45) is 0. The average molecular weight is 257 g/mol. The molecule has 1 radical (unpaired) electrons. The lowest BCUT2D eigenvalue weighted by atomic mass is 10.2. The van der Waals surface area contributed by atoms with Gasteiger partial charge in [0, 0.05) is 0 Å². The highest BCUT2D eigenvalue weighted by molar-refractivity contribution is 5.38. The molecule has 0 fully saturated rings. The van der Waals surface area contributed by atoms with E-state index in [-0.39, 0.29) is 0 Å². The molecule has 19 heavy (non-hydrogen) atoms. The Balaban J connectivity index is 1.69. The molecule has 0 heterocycles. The molecule has 0 atom stereocenters. The first-order chi connectivity index (χ1) is 9.40. The highest BCUT2D eigenvalue weighted by Crippen LogP contribution is 2.25. The summed E-state index contributed by atoms with van der Waals surface area (Å²) in [4.78, 5) is 0. The van der Waals surface area contributed by atoms with Gasteiger partial charge in [0.15, 0.2) is 11.5 Å². The highest BCUT2D eigenvalue weighted by atomic mass is 16.5. The zero-order valence-electron chi connectivity index (χ0n) is 11.0. The Hall–Kier alpha value is -2.00. The molecule has 99 valence electrons. The lowest BCUT2D eigenvalue weighted by molar-refractivity contribution is 0.0879. The Bertz CT molecular complexity index is 482. The van der Waals surface area contributed by atoms with E-state index in [0.717, 1.165) is 5.56 Å². The van der Waals surface area contributed by atoms with Gasteiger partial charge in [0.2, 0.25) is 0 Å². The van der Waals surface area contributed by atoms with Crippen molar-refractivity contribution in [1.29, 1.82) is 0 Å². The van der Waals surface area contributed by atoms with Crippen molar-refractivity contribution in [3.05, 3.63) is 60.2 Å². The van der Waals surface area contributed by atoms with Gasteiger partial charge in [-0.1, -0.05) is 36.4 Å². The van der Waals surface area contributed by atoms with Gasteiger partial charge < -0.3 is 14.2 Å². The van der Waals surface area contributed by atoms with Crippen molar-refractivity contribution in [3.8, 4) is 11.5 Å². The van der Waals surface area contributed by atoms with Gasteiger partial charge in [-0.3, -0.25) is 0 Å². The average Bonchev–Trinajstić information content (AvgIpc) is 2.48. The van der Waals surface area contributed by atoms with Gasteiger partial charge in [0.25, 0.3) is 0 Å². The Morgan fingerprint density at radius 2 is 1.84 bits per heavy atom. The SMILES string of the molecule is COc1cc[c]cc1OCCOCc1ccccc1. The van der Waals surface area contributed by atoms with E-state index in [1.165, 1.54) is 0 Å². The molecule has 0 amide bonds. The molecule has 0 saturated heterocycles. The molecule has 0 unspecified atom stereocenters. The topological polar surface area (TPSA) is 27.7 Å². The maximum Gasteiger partial charge on any atom is 0.161 e. The molecular weight excluding hydrogens is 240 g/mol. The molecule has 0 aliphatic heterocycles. The number of methoxy groups -OCH3 is 1. The summed E-state index contributed by atoms with van der Waals surface area (Å²) < 4.78 is 16.3. The van der Waals surface area contributed by atoms with Crippen LogP contribution in [-0.4, -0.2) is 20.3 Å². The number of benzene rings is 2. The minimum atomic E-state index is 0.487. The number of ether oxygens (including phenoxy) is 3. The monoisotopic (exact) mass is 257 g/mol. The van der Waals surface area contributed by atoms with Crippen molar-refractivity contribution < 1.29 is 14.2 Å². The fourth-order valence-electron chi connectivity index (χ4n) is 1.66. The molecule has 2 aromatic rings. The predicted molar refractivity (Wildman–Crippen MR) is 73.4 cm³/mol. The van der Waals surface area contributed by atoms with E-state index in [2.05, 4.69) is 6.07 Å². The van der Waals surface area contributed by atoms with Crippen molar-refractivity contribution >= 4 is 0 Å². The summed E-state index contributed by atoms with van der Waals surface area (Å²) >= 11 is 0. The van der Waals surface area contributed by atoms with Crippen LogP contribution in [0.4, 0.5) is 0 Å². The molecule has 3 nitrogen and oxygen atoms in total. The van der Waals surface area contributed by atoms with Gasteiger partial charge in [-0.15, -0.1) is 0 Å². The van der Waals surface area contributed by atoms with Crippen molar-refractivity contribution in [2.45, 2.75) is 6.61 Å². The second-order valence-corrected chi connectivity index (χ2v) is 3.96. The zero-order valence-corrected chi connectivity index (χ0v) is 11.0. The van der Waals surface area contributed by atoms with Crippen LogP contribution in [0, 0.1) is 6.07 Å². The van der Waals surface area contributed by atoms with Gasteiger partial charge in [-0.25, -0.2) is 0 Å². The van der Waals surface area contributed by atoms with Crippen LogP contribution < -0.4 is 9.47 Å². The van der Waals surface area contributed by atoms with Crippen molar-refractivity contribution in [2.75, 3.05) is 20.3 Å². The van der Waals surface area contributed by atoms with Crippen molar-refractivity contribution in [3.63, 3.8) is 0 Å². The molecule has 0 spiro atoms. The van der Waals surface area contributed by atoms with Crippen molar-refractivity contribution in [1.82, 2.24) is 0 Å². The van der Waals surface area contributed by atoms with E-state index in [1.54, 1.807) is 19.2 Å². The molecule has 3 heteroatoms. The summed E-state index contributed by atoms with van der Waals surface area (Å²) in [5.74, 6) is 1.40. The number of hydrogen-bond donors (Lipinski definition) is 0. The third-order valence-electron chi connectivity index (χ3n) is 2.60. The lowest BCUT2D eigenvalue weighted by Crippen LogP contribution is -2.07. The van der Waals surface area contributed by atoms with Crippen LogP contribution in [0.2, 0.25) is 0 Å². The lowest BCUT2D eigenvalue weighted by Gasteiger charge is -2.10. The van der Waals surface area contributed by atoms with Crippen LogP contribution in [-0.2, 0) is 11.3 Å². The smallest absolute Gasteiger partial charge is 0.161 e. The Morgan fingerprint density at radius 3 is 2.63 bits per heavy atom. The summed E-state index contributed by atoms with van der Waals surface area (Å²) in [6, 6.07) is 18.4. The maximum absolute atomic E-state index is 5.58. The quantitative estimate of drug-likeness (QED) is 0.713. The molecule has 0 saturated carbocycles. The van der Waals surface area contributed by atoms with Gasteiger partial charge in [-0.05, 0) is 23.8 Å². The minimum absolute atomic E-state index is 0.487. The van der Waals surface area contributed by atoms with Crippen LogP contribution in [0.5, 0.6) is 11.5 Å². The molecule has 2 rings (SSSR count). The summed E-state index contributed by atoms with van der Waals surface area (Å²) in [5, 5.41) is 0. The first-order valence-corrected chi connectivity index (χ1v) is 6.18. The van der Waals surface area contributed by atoms with E-state index in [4.69, 9.17) is 14.2 Å². The molecule has 0 aliphatic rings. The molecular formula is C16H17O3. The Labute approximate surface area is 113 Å². The Morgan fingerprint density at radius 1 is 1.00 bits per heavy atom. The second-order valence-electron chi connectivity index (χ2n) is 3.96. The van der Waals surface area contributed by atoms with E-state index < -0.39 is 0 Å². The second kappa shape index (κ2) is 7.44. The largest absolute Gasteiger partial charge is 0.493 e. The van der Waals surface area contributed by atoms with Crippen molar-refractivity contribution in [2.24, 2.45) is 0 Å². The standard InChI is InChI=1S/C16H17O3/c1-17-15-9-5-6-10-16(15)19-12-11-18-13-14-7-3-2-4-8-14/h2-5,7-10H,11-13H2,1H3. The molecule has 0 aliphatic carbocycles. The first-order valence-electron chi connectivity index (χ1n) is 6.18. The van der Waals surface area contributed by atoms with Gasteiger partial charge in [-0.2, -0.15) is 0 Å². The van der Waals surface area contributed by atoms with Crippen LogP contribution in [0.15, 0.2) is 48.5 Å². The molecule has 0 bridgehead atoms. The highest BCUT2D eigenvalue weighted by Gasteiger charge is 2.01. The number of rotatable bonds is 7. The van der Waals surface area contributed by atoms with Crippen LogP contribution in [0.3, 0.4) is 0 Å². The fraction of sp³-hybridized carbons (Fsp3) is 0.250. The predicted octanol–water partition coefficient (Wildman–Crippen LogP) is 3.09. The van der Waals surface area contributed by atoms with E-state index >= 15 is 0 Å². The van der Waals surface area contributed by atoms with Crippen LogP contribution in [0.1, 0.15) is 5.56 Å². The van der Waals surface area contributed by atoms with Gasteiger partial charge in [0.1, 0.15) is 6.61 Å². The summed E-state index contributed by atoms with van der Waals surface area (Å²) in [6.45, 7) is 1.62. The van der Waals surface area contributed by atoms with E-state index in [9.17, 15) is 0 Å². The van der Waals surface area contributed by atoms with Crippen LogP contribution >= 0.6 is 0 Å². The molecule has 0 N–H and O–H groups in total. The molecule has 0 aromatic heterocycles. The third-order valence-corrected chi connectivity index (χ3v) is 2.60. The van der Waals surface area contributed by atoms with E-state index in [0.29, 0.717) is 31.3 Å². The minimum Gasteiger partial charge on any atom is -0.493 e. The van der Waals surface area contributed by atoms with Gasteiger partial charge >= 0.3 is 0 Å². The van der Waals surface area contributed by atoms with Crippen LogP contribution in [0.25, 0.3) is 0 Å². The maximum atomic E-state index is 5.58. The van der Waals surface area contributed by atoms with E-state index in [1.807, 2.05) is 36.4 Å². The summed E-state index contributed by atoms with van der Waals surface area (Å²) in [5.41, 5.74) is 1.16. The first kappa shape index (κ1) is 13.4. The zero-order chi connectivity index (χ0) is 13.3. The number of hydrogen-bond acceptors (Lipinski definition) is 3. The fourth-order valence-corrected chi connectivity index (χ4v) is 1.66. The normalized spacial score (nSPS) is 10.2. The third kappa shape index (κ3) is 4.30.